The summed E-state index contributed by atoms with van der Waals surface area (Å²) < 4.78 is 1.94. The maximum atomic E-state index is 12.5. The number of amides is 1. The highest BCUT2D eigenvalue weighted by atomic mass is 16.2. The molecule has 0 radical (unpaired) electrons. The van der Waals surface area contributed by atoms with E-state index >= 15 is 0 Å². The molecule has 4 heterocycles. The van der Waals surface area contributed by atoms with Crippen LogP contribution in [-0.4, -0.2) is 48.4 Å². The second kappa shape index (κ2) is 7.65. The number of carbonyl (C=O) groups excluding carboxylic acids is 1. The molecule has 0 saturated carbocycles. The average molecular weight is 362 g/mol. The number of rotatable bonds is 4. The molecule has 138 valence electrons. The highest BCUT2D eigenvalue weighted by Crippen LogP contribution is 2.23. The number of carbonyl (C=O) groups is 1. The van der Waals surface area contributed by atoms with Crippen LogP contribution in [0, 0.1) is 5.92 Å². The van der Waals surface area contributed by atoms with Crippen LogP contribution in [-0.2, 0) is 13.5 Å². The molecule has 1 saturated heterocycles. The van der Waals surface area contributed by atoms with Crippen molar-refractivity contribution in [3.8, 4) is 11.4 Å². The fraction of sp³-hybridized carbons (Fsp3) is 0.350. The molecular formula is C20H22N6O. The third kappa shape index (κ3) is 3.86. The molecule has 0 unspecified atom stereocenters. The van der Waals surface area contributed by atoms with Crippen molar-refractivity contribution in [1.82, 2.24) is 29.4 Å². The second-order valence-electron chi connectivity index (χ2n) is 6.94. The fourth-order valence-electron chi connectivity index (χ4n) is 3.52. The van der Waals surface area contributed by atoms with Crippen molar-refractivity contribution >= 4 is 5.91 Å². The Labute approximate surface area is 158 Å². The minimum atomic E-state index is 0.0204. The summed E-state index contributed by atoms with van der Waals surface area (Å²) >= 11 is 0. The number of pyridine rings is 1. The first-order valence-electron chi connectivity index (χ1n) is 9.18. The van der Waals surface area contributed by atoms with Crippen LogP contribution in [0.25, 0.3) is 11.4 Å². The van der Waals surface area contributed by atoms with Gasteiger partial charge in [0.2, 0.25) is 0 Å². The van der Waals surface area contributed by atoms with E-state index in [4.69, 9.17) is 4.98 Å². The lowest BCUT2D eigenvalue weighted by Gasteiger charge is -2.31. The third-order valence-corrected chi connectivity index (χ3v) is 5.05. The van der Waals surface area contributed by atoms with Gasteiger partial charge in [0.1, 0.15) is 11.4 Å². The van der Waals surface area contributed by atoms with Gasteiger partial charge in [-0.2, -0.15) is 0 Å². The van der Waals surface area contributed by atoms with Crippen LogP contribution >= 0.6 is 0 Å². The van der Waals surface area contributed by atoms with Gasteiger partial charge in [0.05, 0.1) is 30.1 Å². The van der Waals surface area contributed by atoms with Gasteiger partial charge in [-0.1, -0.05) is 6.07 Å². The van der Waals surface area contributed by atoms with Gasteiger partial charge in [0.25, 0.3) is 5.91 Å². The minimum absolute atomic E-state index is 0.0204. The maximum Gasteiger partial charge on any atom is 0.272 e. The van der Waals surface area contributed by atoms with Crippen LogP contribution in [0.3, 0.4) is 0 Å². The van der Waals surface area contributed by atoms with Gasteiger partial charge in [-0.15, -0.1) is 0 Å². The lowest BCUT2D eigenvalue weighted by atomic mass is 9.92. The van der Waals surface area contributed by atoms with Gasteiger partial charge in [0, 0.05) is 32.5 Å². The number of aryl methyl sites for hydroxylation is 1. The van der Waals surface area contributed by atoms with Gasteiger partial charge >= 0.3 is 0 Å². The number of aromatic nitrogens is 5. The zero-order valence-corrected chi connectivity index (χ0v) is 15.3. The lowest BCUT2D eigenvalue weighted by Crippen LogP contribution is -2.39. The Hall–Kier alpha value is -3.09. The number of hydrogen-bond donors (Lipinski definition) is 0. The van der Waals surface area contributed by atoms with E-state index in [0.29, 0.717) is 11.6 Å². The van der Waals surface area contributed by atoms with Crippen LogP contribution < -0.4 is 0 Å². The predicted octanol–water partition coefficient (Wildman–Crippen LogP) is 2.37. The SMILES string of the molecule is Cn1cncc1-c1cncc(CC2CCN(C(=O)c3ccccn3)CC2)n1. The van der Waals surface area contributed by atoms with E-state index in [1.807, 2.05) is 34.8 Å². The molecule has 7 nitrogen and oxygen atoms in total. The van der Waals surface area contributed by atoms with Crippen LogP contribution in [0.15, 0.2) is 49.3 Å². The van der Waals surface area contributed by atoms with Crippen molar-refractivity contribution in [3.63, 3.8) is 0 Å². The summed E-state index contributed by atoms with van der Waals surface area (Å²) in [5.41, 5.74) is 3.31. The van der Waals surface area contributed by atoms with Gasteiger partial charge < -0.3 is 9.47 Å². The summed E-state index contributed by atoms with van der Waals surface area (Å²) in [5, 5.41) is 0. The molecule has 0 spiro atoms. The van der Waals surface area contributed by atoms with Crippen molar-refractivity contribution in [2.75, 3.05) is 13.1 Å². The fourth-order valence-corrected chi connectivity index (χ4v) is 3.52. The standard InChI is InChI=1S/C20H22N6O/c1-25-14-22-13-19(25)18-12-21-11-16(24-18)10-15-5-8-26(9-6-15)20(27)17-4-2-3-7-23-17/h2-4,7,11-15H,5-6,8-10H2,1H3. The van der Waals surface area contributed by atoms with Crippen molar-refractivity contribution in [1.29, 1.82) is 0 Å². The molecule has 4 rings (SSSR count). The maximum absolute atomic E-state index is 12.5. The van der Waals surface area contributed by atoms with Gasteiger partial charge in [-0.3, -0.25) is 14.8 Å². The molecule has 3 aromatic heterocycles. The van der Waals surface area contributed by atoms with E-state index in [2.05, 4.69) is 15.0 Å². The molecule has 1 aliphatic heterocycles. The number of imidazole rings is 1. The van der Waals surface area contributed by atoms with Gasteiger partial charge in [-0.25, -0.2) is 9.97 Å². The van der Waals surface area contributed by atoms with E-state index < -0.39 is 0 Å². The Kier molecular flexibility index (Phi) is 4.91. The second-order valence-corrected chi connectivity index (χ2v) is 6.94. The van der Waals surface area contributed by atoms with Crippen LogP contribution in [0.1, 0.15) is 29.0 Å². The number of hydrogen-bond acceptors (Lipinski definition) is 5. The number of nitrogens with zero attached hydrogens (tertiary/aromatic N) is 6. The molecule has 0 N–H and O–H groups in total. The van der Waals surface area contributed by atoms with Crippen LogP contribution in [0.5, 0.6) is 0 Å². The molecule has 27 heavy (non-hydrogen) atoms. The normalized spacial score (nSPS) is 15.1. The molecular weight excluding hydrogens is 340 g/mol. The first kappa shape index (κ1) is 17.3. The highest BCUT2D eigenvalue weighted by Gasteiger charge is 2.24. The minimum Gasteiger partial charge on any atom is -0.337 e. The number of piperidine rings is 1. The Morgan fingerprint density at radius 3 is 2.70 bits per heavy atom. The van der Waals surface area contributed by atoms with E-state index in [1.165, 1.54) is 0 Å². The van der Waals surface area contributed by atoms with Crippen molar-refractivity contribution in [2.24, 2.45) is 13.0 Å². The monoisotopic (exact) mass is 362 g/mol. The smallest absolute Gasteiger partial charge is 0.272 e. The topological polar surface area (TPSA) is 76.8 Å². The zero-order chi connectivity index (χ0) is 18.6. The Balaban J connectivity index is 1.37. The highest BCUT2D eigenvalue weighted by molar-refractivity contribution is 5.92. The molecule has 3 aromatic rings. The summed E-state index contributed by atoms with van der Waals surface area (Å²) in [5.74, 6) is 0.529. The van der Waals surface area contributed by atoms with Crippen molar-refractivity contribution in [3.05, 3.63) is 60.7 Å². The van der Waals surface area contributed by atoms with E-state index in [0.717, 1.165) is 49.4 Å². The molecule has 0 aromatic carbocycles. The van der Waals surface area contributed by atoms with Crippen LogP contribution in [0.4, 0.5) is 0 Å². The number of likely N-dealkylation sites (tertiary alicyclic amines) is 1. The van der Waals surface area contributed by atoms with E-state index in [1.54, 1.807) is 31.0 Å². The quantitative estimate of drug-likeness (QED) is 0.712. The molecule has 0 atom stereocenters. The third-order valence-electron chi connectivity index (χ3n) is 5.05. The van der Waals surface area contributed by atoms with Crippen molar-refractivity contribution < 1.29 is 4.79 Å². The lowest BCUT2D eigenvalue weighted by molar-refractivity contribution is 0.0684. The first-order chi connectivity index (χ1) is 13.2. The largest absolute Gasteiger partial charge is 0.337 e. The Bertz CT molecular complexity index is 915. The van der Waals surface area contributed by atoms with Gasteiger partial charge in [0.15, 0.2) is 0 Å². The summed E-state index contributed by atoms with van der Waals surface area (Å²) in [6, 6.07) is 5.44. The predicted molar refractivity (Wildman–Crippen MR) is 101 cm³/mol. The molecule has 7 heteroatoms. The Morgan fingerprint density at radius 1 is 1.15 bits per heavy atom. The molecule has 1 fully saturated rings. The zero-order valence-electron chi connectivity index (χ0n) is 15.3. The van der Waals surface area contributed by atoms with E-state index in [9.17, 15) is 4.79 Å². The summed E-state index contributed by atoms with van der Waals surface area (Å²) in [6.07, 6.45) is 11.7. The summed E-state index contributed by atoms with van der Waals surface area (Å²) in [4.78, 5) is 31.8. The molecule has 0 aliphatic carbocycles. The van der Waals surface area contributed by atoms with Crippen LogP contribution in [0.2, 0.25) is 0 Å². The van der Waals surface area contributed by atoms with E-state index in [-0.39, 0.29) is 5.91 Å². The molecule has 0 bridgehead atoms. The first-order valence-corrected chi connectivity index (χ1v) is 9.18. The summed E-state index contributed by atoms with van der Waals surface area (Å²) in [7, 11) is 1.95. The van der Waals surface area contributed by atoms with Crippen molar-refractivity contribution in [2.45, 2.75) is 19.3 Å². The van der Waals surface area contributed by atoms with Gasteiger partial charge in [-0.05, 0) is 37.3 Å². The summed E-state index contributed by atoms with van der Waals surface area (Å²) in [6.45, 7) is 1.52. The molecule has 1 aliphatic rings. The molecule has 1 amide bonds. The Morgan fingerprint density at radius 2 is 2.00 bits per heavy atom. The average Bonchev–Trinajstić information content (AvgIpc) is 3.15.